The molecule has 0 radical (unpaired) electrons. The molecule has 0 saturated carbocycles. The third kappa shape index (κ3) is 5.33. The van der Waals surface area contributed by atoms with Crippen LogP contribution in [0, 0.1) is 9.85 Å². The van der Waals surface area contributed by atoms with Gasteiger partial charge in [0.1, 0.15) is 0 Å². The second-order valence-electron chi connectivity index (χ2n) is 2.77. The first-order valence-corrected chi connectivity index (χ1v) is 6.28. The van der Waals surface area contributed by atoms with Gasteiger partial charge in [0.05, 0.1) is 0 Å². The normalized spacial score (nSPS) is 9.62. The van der Waals surface area contributed by atoms with Crippen LogP contribution in [-0.4, -0.2) is 12.6 Å². The first-order chi connectivity index (χ1) is 7.72. The standard InChI is InChI=1S/C12H8BrIO2/c13-11-4-1-3-10(9-11)5-6-12(15)16-8-2-7-14/h1,3-6,9H,8H2/b6-5+. The van der Waals surface area contributed by atoms with Crippen molar-refractivity contribution >= 4 is 50.6 Å². The quantitative estimate of drug-likeness (QED) is 0.342. The average molecular weight is 391 g/mol. The van der Waals surface area contributed by atoms with Crippen molar-refractivity contribution in [1.82, 2.24) is 0 Å². The molecular weight excluding hydrogens is 383 g/mol. The van der Waals surface area contributed by atoms with Crippen LogP contribution in [0.15, 0.2) is 34.8 Å². The summed E-state index contributed by atoms with van der Waals surface area (Å²) in [6, 6.07) is 7.63. The van der Waals surface area contributed by atoms with Gasteiger partial charge >= 0.3 is 5.97 Å². The zero-order valence-corrected chi connectivity index (χ0v) is 12.0. The number of esters is 1. The zero-order chi connectivity index (χ0) is 11.8. The number of halogens is 2. The molecule has 82 valence electrons. The Bertz CT molecular complexity index is 458. The fourth-order valence-electron chi connectivity index (χ4n) is 0.957. The second-order valence-corrected chi connectivity index (χ2v) is 4.22. The lowest BCUT2D eigenvalue weighted by atomic mass is 10.2. The molecule has 1 aromatic rings. The first-order valence-electron chi connectivity index (χ1n) is 4.41. The smallest absolute Gasteiger partial charge is 0.331 e. The molecule has 1 rings (SSSR count). The predicted octanol–water partition coefficient (Wildman–Crippen LogP) is 3.40. The van der Waals surface area contributed by atoms with E-state index in [2.05, 4.69) is 25.8 Å². The van der Waals surface area contributed by atoms with Gasteiger partial charge in [-0.15, -0.1) is 0 Å². The van der Waals surface area contributed by atoms with E-state index >= 15 is 0 Å². The van der Waals surface area contributed by atoms with Gasteiger partial charge in [0.2, 0.25) is 0 Å². The van der Waals surface area contributed by atoms with Crippen molar-refractivity contribution in [2.45, 2.75) is 0 Å². The molecule has 0 amide bonds. The summed E-state index contributed by atoms with van der Waals surface area (Å²) >= 11 is 5.24. The van der Waals surface area contributed by atoms with Crippen LogP contribution in [0.1, 0.15) is 5.56 Å². The van der Waals surface area contributed by atoms with Crippen LogP contribution in [0.3, 0.4) is 0 Å². The fraction of sp³-hybridized carbons (Fsp3) is 0.0833. The fourth-order valence-corrected chi connectivity index (χ4v) is 1.53. The minimum Gasteiger partial charge on any atom is -0.449 e. The van der Waals surface area contributed by atoms with Crippen LogP contribution in [0.25, 0.3) is 6.08 Å². The number of benzene rings is 1. The van der Waals surface area contributed by atoms with Gasteiger partial charge in [-0.3, -0.25) is 0 Å². The predicted molar refractivity (Wildman–Crippen MR) is 75.9 cm³/mol. The van der Waals surface area contributed by atoms with E-state index in [1.807, 2.05) is 46.9 Å². The van der Waals surface area contributed by atoms with E-state index in [0.29, 0.717) is 0 Å². The van der Waals surface area contributed by atoms with Crippen molar-refractivity contribution in [2.75, 3.05) is 6.61 Å². The summed E-state index contributed by atoms with van der Waals surface area (Å²) in [7, 11) is 0. The molecule has 0 saturated heterocycles. The third-order valence-corrected chi connectivity index (χ3v) is 2.49. The molecule has 0 unspecified atom stereocenters. The molecule has 0 aromatic heterocycles. The number of ether oxygens (including phenoxy) is 1. The van der Waals surface area contributed by atoms with Crippen molar-refractivity contribution in [3.05, 3.63) is 40.4 Å². The molecule has 1 aromatic carbocycles. The summed E-state index contributed by atoms with van der Waals surface area (Å²) in [4.78, 5) is 11.2. The van der Waals surface area contributed by atoms with E-state index in [-0.39, 0.29) is 12.6 Å². The summed E-state index contributed by atoms with van der Waals surface area (Å²) in [6.45, 7) is 0.130. The van der Waals surface area contributed by atoms with Gasteiger partial charge in [0.25, 0.3) is 0 Å². The van der Waals surface area contributed by atoms with Crippen LogP contribution in [-0.2, 0) is 9.53 Å². The number of carbonyl (C=O) groups excluding carboxylic acids is 1. The molecule has 0 heterocycles. The summed E-state index contributed by atoms with van der Waals surface area (Å²) in [6.07, 6.45) is 3.08. The number of hydrogen-bond donors (Lipinski definition) is 0. The van der Waals surface area contributed by atoms with E-state index in [1.165, 1.54) is 6.08 Å². The Morgan fingerprint density at radius 2 is 2.38 bits per heavy atom. The minimum absolute atomic E-state index is 0.130. The van der Waals surface area contributed by atoms with Gasteiger partial charge in [0.15, 0.2) is 6.61 Å². The lowest BCUT2D eigenvalue weighted by Gasteiger charge is -1.95. The molecule has 4 heteroatoms. The van der Waals surface area contributed by atoms with Gasteiger partial charge in [-0.25, -0.2) is 4.79 Å². The van der Waals surface area contributed by atoms with Crippen LogP contribution in [0.5, 0.6) is 0 Å². The molecule has 0 bridgehead atoms. The highest BCUT2D eigenvalue weighted by Crippen LogP contribution is 2.12. The van der Waals surface area contributed by atoms with Gasteiger partial charge in [-0.1, -0.05) is 34.0 Å². The highest BCUT2D eigenvalue weighted by Gasteiger charge is 1.94. The van der Waals surface area contributed by atoms with E-state index < -0.39 is 0 Å². The van der Waals surface area contributed by atoms with Gasteiger partial charge in [0, 0.05) is 33.1 Å². The van der Waals surface area contributed by atoms with Crippen LogP contribution >= 0.6 is 38.5 Å². The van der Waals surface area contributed by atoms with Crippen molar-refractivity contribution in [1.29, 1.82) is 0 Å². The largest absolute Gasteiger partial charge is 0.449 e. The topological polar surface area (TPSA) is 26.3 Å². The SMILES string of the molecule is O=C(/C=C/c1cccc(Br)c1)OCC#CI. The molecule has 0 aliphatic carbocycles. The Hall–Kier alpha value is -0.800. The van der Waals surface area contributed by atoms with E-state index in [0.717, 1.165) is 10.0 Å². The van der Waals surface area contributed by atoms with Crippen LogP contribution in [0.2, 0.25) is 0 Å². The van der Waals surface area contributed by atoms with Crippen molar-refractivity contribution in [2.24, 2.45) is 0 Å². The Morgan fingerprint density at radius 3 is 3.06 bits per heavy atom. The van der Waals surface area contributed by atoms with Gasteiger partial charge < -0.3 is 4.74 Å². The van der Waals surface area contributed by atoms with Gasteiger partial charge in [-0.05, 0) is 27.7 Å². The summed E-state index contributed by atoms with van der Waals surface area (Å²) in [5.41, 5.74) is 0.936. The Labute approximate surface area is 116 Å². The molecule has 0 spiro atoms. The molecule has 0 atom stereocenters. The molecule has 0 fully saturated rings. The minimum atomic E-state index is -0.390. The Balaban J connectivity index is 2.52. The van der Waals surface area contributed by atoms with Crippen molar-refractivity contribution in [3.63, 3.8) is 0 Å². The molecule has 0 aliphatic rings. The van der Waals surface area contributed by atoms with E-state index in [4.69, 9.17) is 4.74 Å². The first kappa shape index (κ1) is 13.3. The lowest BCUT2D eigenvalue weighted by molar-refractivity contribution is -0.136. The van der Waals surface area contributed by atoms with E-state index in [9.17, 15) is 4.79 Å². The average Bonchev–Trinajstić information content (AvgIpc) is 2.27. The maximum atomic E-state index is 11.2. The van der Waals surface area contributed by atoms with Crippen molar-refractivity contribution in [3.8, 4) is 9.85 Å². The van der Waals surface area contributed by atoms with E-state index in [1.54, 1.807) is 6.08 Å². The summed E-state index contributed by atoms with van der Waals surface area (Å²) in [5.74, 6) is 2.25. The molecule has 16 heavy (non-hydrogen) atoms. The zero-order valence-electron chi connectivity index (χ0n) is 8.24. The molecule has 0 aliphatic heterocycles. The molecule has 2 nitrogen and oxygen atoms in total. The number of hydrogen-bond acceptors (Lipinski definition) is 2. The molecular formula is C12H8BrIO2. The summed E-state index contributed by atoms with van der Waals surface area (Å²) < 4.78 is 8.41. The lowest BCUT2D eigenvalue weighted by Crippen LogP contribution is -1.99. The third-order valence-electron chi connectivity index (χ3n) is 1.61. The number of carbonyl (C=O) groups is 1. The Morgan fingerprint density at radius 1 is 1.56 bits per heavy atom. The maximum Gasteiger partial charge on any atom is 0.331 e. The molecule has 0 N–H and O–H groups in total. The second kappa shape index (κ2) is 7.47. The van der Waals surface area contributed by atoms with Crippen molar-refractivity contribution < 1.29 is 9.53 Å². The van der Waals surface area contributed by atoms with Gasteiger partial charge in [-0.2, -0.15) is 0 Å². The van der Waals surface area contributed by atoms with Crippen LogP contribution in [0.4, 0.5) is 0 Å². The number of rotatable bonds is 3. The van der Waals surface area contributed by atoms with Crippen LogP contribution < -0.4 is 0 Å². The summed E-state index contributed by atoms with van der Waals surface area (Å²) in [5, 5.41) is 0. The maximum absolute atomic E-state index is 11.2. The monoisotopic (exact) mass is 390 g/mol. The Kier molecular flexibility index (Phi) is 6.19. The highest BCUT2D eigenvalue weighted by molar-refractivity contribution is 14.1. The highest BCUT2D eigenvalue weighted by atomic mass is 127.